The molecule has 2 rings (SSSR count). The van der Waals surface area contributed by atoms with Crippen molar-refractivity contribution in [2.45, 2.75) is 59.4 Å². The molecule has 1 saturated carbocycles. The predicted molar refractivity (Wildman–Crippen MR) is 72.4 cm³/mol. The molecule has 3 nitrogen and oxygen atoms in total. The lowest BCUT2D eigenvalue weighted by molar-refractivity contribution is -0.120. The number of aromatic nitrogens is 2. The lowest BCUT2D eigenvalue weighted by atomic mass is 10.0. The van der Waals surface area contributed by atoms with Gasteiger partial charge in [0.25, 0.3) is 0 Å². The average Bonchev–Trinajstić information content (AvgIpc) is 2.73. The van der Waals surface area contributed by atoms with Gasteiger partial charge in [-0.05, 0) is 30.7 Å². The van der Waals surface area contributed by atoms with E-state index in [1.807, 2.05) is 16.9 Å². The van der Waals surface area contributed by atoms with Gasteiger partial charge in [-0.2, -0.15) is 5.10 Å². The fourth-order valence-electron chi connectivity index (χ4n) is 2.66. The van der Waals surface area contributed by atoms with Gasteiger partial charge in [-0.15, -0.1) is 0 Å². The molecule has 1 aromatic rings. The summed E-state index contributed by atoms with van der Waals surface area (Å²) in [6.45, 7) is 8.68. The van der Waals surface area contributed by atoms with E-state index >= 15 is 0 Å². The molecule has 1 aliphatic carbocycles. The van der Waals surface area contributed by atoms with Crippen LogP contribution in [-0.4, -0.2) is 15.6 Å². The highest BCUT2D eigenvalue weighted by Gasteiger charge is 2.49. The Morgan fingerprint density at radius 3 is 2.61 bits per heavy atom. The second-order valence-electron chi connectivity index (χ2n) is 6.15. The third-order valence-corrected chi connectivity index (χ3v) is 4.24. The molecule has 3 heteroatoms. The summed E-state index contributed by atoms with van der Waals surface area (Å²) in [6, 6.07) is 2.46. The number of ketones is 1. The van der Waals surface area contributed by atoms with Crippen LogP contribution in [0.4, 0.5) is 0 Å². The Morgan fingerprint density at radius 1 is 1.50 bits per heavy atom. The van der Waals surface area contributed by atoms with E-state index in [9.17, 15) is 4.79 Å². The van der Waals surface area contributed by atoms with E-state index in [1.54, 1.807) is 0 Å². The molecule has 1 fully saturated rings. The number of hydrogen-bond donors (Lipinski definition) is 0. The van der Waals surface area contributed by atoms with Gasteiger partial charge in [-0.3, -0.25) is 9.48 Å². The first-order valence-corrected chi connectivity index (χ1v) is 7.04. The Balaban J connectivity index is 1.97. The van der Waals surface area contributed by atoms with E-state index in [4.69, 9.17) is 0 Å². The van der Waals surface area contributed by atoms with E-state index in [0.717, 1.165) is 25.0 Å². The Bertz CT molecular complexity index is 429. The molecule has 100 valence electrons. The fourth-order valence-corrected chi connectivity index (χ4v) is 2.66. The van der Waals surface area contributed by atoms with Gasteiger partial charge >= 0.3 is 0 Å². The third kappa shape index (κ3) is 2.65. The zero-order valence-electron chi connectivity index (χ0n) is 11.9. The first-order chi connectivity index (χ1) is 8.47. The minimum Gasteiger partial charge on any atom is -0.299 e. The van der Waals surface area contributed by atoms with E-state index in [0.29, 0.717) is 18.2 Å². The van der Waals surface area contributed by atoms with Crippen molar-refractivity contribution >= 4 is 5.78 Å². The molecule has 18 heavy (non-hydrogen) atoms. The Kier molecular flexibility index (Phi) is 3.60. The third-order valence-electron chi connectivity index (χ3n) is 4.24. The quantitative estimate of drug-likeness (QED) is 0.773. The Labute approximate surface area is 110 Å². The molecular formula is C15H24N2O. The van der Waals surface area contributed by atoms with Gasteiger partial charge in [0.05, 0.1) is 18.2 Å². The highest BCUT2D eigenvalue weighted by atomic mass is 16.1. The first kappa shape index (κ1) is 13.3. The van der Waals surface area contributed by atoms with Crippen molar-refractivity contribution in [2.75, 3.05) is 0 Å². The minimum atomic E-state index is 0.231. The van der Waals surface area contributed by atoms with Crippen LogP contribution in [0.3, 0.4) is 0 Å². The van der Waals surface area contributed by atoms with Gasteiger partial charge in [0.2, 0.25) is 0 Å². The van der Waals surface area contributed by atoms with Gasteiger partial charge in [-0.25, -0.2) is 0 Å². The van der Waals surface area contributed by atoms with Crippen molar-refractivity contribution < 1.29 is 4.79 Å². The molecule has 0 N–H and O–H groups in total. The molecular weight excluding hydrogens is 224 g/mol. The highest BCUT2D eigenvalue weighted by molar-refractivity contribution is 5.86. The summed E-state index contributed by atoms with van der Waals surface area (Å²) in [6.07, 6.45) is 5.72. The van der Waals surface area contributed by atoms with E-state index < -0.39 is 0 Å². The van der Waals surface area contributed by atoms with E-state index in [1.165, 1.54) is 0 Å². The van der Waals surface area contributed by atoms with Crippen LogP contribution in [0, 0.1) is 11.3 Å². The molecule has 0 aromatic carbocycles. The molecule has 0 bridgehead atoms. The summed E-state index contributed by atoms with van der Waals surface area (Å²) in [5.74, 6) is 0.616. The highest BCUT2D eigenvalue weighted by Crippen LogP contribution is 2.52. The van der Waals surface area contributed by atoms with Crippen LogP contribution in [0.15, 0.2) is 12.3 Å². The number of carbonyl (C=O) groups excluding carboxylic acids is 1. The van der Waals surface area contributed by atoms with Crippen molar-refractivity contribution in [3.05, 3.63) is 18.0 Å². The minimum absolute atomic E-state index is 0.231. The summed E-state index contributed by atoms with van der Waals surface area (Å²) in [5.41, 5.74) is 1.16. The molecule has 1 aliphatic rings. The lowest BCUT2D eigenvalue weighted by Gasteiger charge is -2.12. The Hall–Kier alpha value is -1.12. The summed E-state index contributed by atoms with van der Waals surface area (Å²) in [7, 11) is 0. The predicted octanol–water partition coefficient (Wildman–Crippen LogP) is 3.40. The summed E-state index contributed by atoms with van der Waals surface area (Å²) in [5, 5.41) is 4.55. The SMILES string of the molecule is CCC(CC)n1ccc(CC(=O)C2CC2(C)C)n1. The van der Waals surface area contributed by atoms with Crippen molar-refractivity contribution in [1.29, 1.82) is 0 Å². The number of carbonyl (C=O) groups is 1. The van der Waals surface area contributed by atoms with Crippen LogP contribution >= 0.6 is 0 Å². The van der Waals surface area contributed by atoms with Crippen molar-refractivity contribution in [1.82, 2.24) is 9.78 Å². The largest absolute Gasteiger partial charge is 0.299 e. The lowest BCUT2D eigenvalue weighted by Crippen LogP contribution is -2.11. The number of rotatable bonds is 6. The maximum Gasteiger partial charge on any atom is 0.142 e. The zero-order chi connectivity index (χ0) is 13.3. The van der Waals surface area contributed by atoms with Gasteiger partial charge < -0.3 is 0 Å². The van der Waals surface area contributed by atoms with Crippen LogP contribution in [0.2, 0.25) is 0 Å². The van der Waals surface area contributed by atoms with Crippen molar-refractivity contribution in [3.63, 3.8) is 0 Å². The normalized spacial score (nSPS) is 21.3. The molecule has 0 aliphatic heterocycles. The standard InChI is InChI=1S/C15H24N2O/c1-5-12(6-2)17-8-7-11(16-17)9-14(18)13-10-15(13,3)4/h7-8,12-13H,5-6,9-10H2,1-4H3. The second kappa shape index (κ2) is 4.87. The summed E-state index contributed by atoms with van der Waals surface area (Å²) < 4.78 is 2.01. The van der Waals surface area contributed by atoms with Crippen LogP contribution in [0.25, 0.3) is 0 Å². The van der Waals surface area contributed by atoms with Gasteiger partial charge in [0.1, 0.15) is 5.78 Å². The Morgan fingerprint density at radius 2 is 2.11 bits per heavy atom. The van der Waals surface area contributed by atoms with Crippen molar-refractivity contribution in [2.24, 2.45) is 11.3 Å². The summed E-state index contributed by atoms with van der Waals surface area (Å²) >= 11 is 0. The fraction of sp³-hybridized carbons (Fsp3) is 0.733. The topological polar surface area (TPSA) is 34.9 Å². The number of nitrogens with zero attached hydrogens (tertiary/aromatic N) is 2. The van der Waals surface area contributed by atoms with Crippen molar-refractivity contribution in [3.8, 4) is 0 Å². The molecule has 0 saturated heterocycles. The zero-order valence-corrected chi connectivity index (χ0v) is 11.9. The van der Waals surface area contributed by atoms with Gasteiger partial charge in [0.15, 0.2) is 0 Å². The van der Waals surface area contributed by atoms with Crippen LogP contribution in [0.5, 0.6) is 0 Å². The van der Waals surface area contributed by atoms with Crippen LogP contribution < -0.4 is 0 Å². The molecule has 0 radical (unpaired) electrons. The molecule has 0 spiro atoms. The average molecular weight is 248 g/mol. The van der Waals surface area contributed by atoms with Gasteiger partial charge in [-0.1, -0.05) is 27.7 Å². The van der Waals surface area contributed by atoms with E-state index in [-0.39, 0.29) is 11.3 Å². The maximum atomic E-state index is 12.1. The van der Waals surface area contributed by atoms with Crippen LogP contribution in [0.1, 0.15) is 58.7 Å². The maximum absolute atomic E-state index is 12.1. The molecule has 1 atom stereocenters. The molecule has 1 aromatic heterocycles. The number of Topliss-reactive ketones (excluding diaryl/α,β-unsaturated/α-hetero) is 1. The number of hydrogen-bond acceptors (Lipinski definition) is 2. The van der Waals surface area contributed by atoms with Gasteiger partial charge in [0, 0.05) is 12.1 Å². The second-order valence-corrected chi connectivity index (χ2v) is 6.15. The molecule has 0 amide bonds. The first-order valence-electron chi connectivity index (χ1n) is 7.04. The molecule has 1 unspecified atom stereocenters. The molecule has 1 heterocycles. The smallest absolute Gasteiger partial charge is 0.142 e. The van der Waals surface area contributed by atoms with Crippen LogP contribution in [-0.2, 0) is 11.2 Å². The monoisotopic (exact) mass is 248 g/mol. The summed E-state index contributed by atoms with van der Waals surface area (Å²) in [4.78, 5) is 12.1. The van der Waals surface area contributed by atoms with E-state index in [2.05, 4.69) is 32.8 Å².